The van der Waals surface area contributed by atoms with Crippen molar-refractivity contribution in [3.63, 3.8) is 0 Å². The summed E-state index contributed by atoms with van der Waals surface area (Å²) in [6, 6.07) is 16.7. The first kappa shape index (κ1) is 19.8. The summed E-state index contributed by atoms with van der Waals surface area (Å²) in [4.78, 5) is 40.7. The van der Waals surface area contributed by atoms with Crippen LogP contribution in [0.5, 0.6) is 0 Å². The topological polar surface area (TPSA) is 69.7 Å². The molecule has 1 aliphatic rings. The summed E-state index contributed by atoms with van der Waals surface area (Å²) in [5.74, 6) is -0.771. The summed E-state index contributed by atoms with van der Waals surface area (Å²) in [5, 5.41) is 3.02. The van der Waals surface area contributed by atoms with Gasteiger partial charge in [0.05, 0.1) is 12.5 Å². The van der Waals surface area contributed by atoms with Gasteiger partial charge in [-0.1, -0.05) is 48.5 Å². The lowest BCUT2D eigenvalue weighted by molar-refractivity contribution is -0.129. The first-order valence-corrected chi connectivity index (χ1v) is 9.37. The normalized spacial score (nSPS) is 14.8. The summed E-state index contributed by atoms with van der Waals surface area (Å²) in [7, 11) is 3.90. The molecular weight excluding hydrogens is 354 g/mol. The minimum absolute atomic E-state index is 0.0798. The molecule has 3 amide bonds. The van der Waals surface area contributed by atoms with E-state index in [0.29, 0.717) is 12.1 Å². The quantitative estimate of drug-likeness (QED) is 0.748. The van der Waals surface area contributed by atoms with Crippen LogP contribution in [0.15, 0.2) is 54.6 Å². The van der Waals surface area contributed by atoms with Crippen LogP contribution in [0.1, 0.15) is 33.9 Å². The fraction of sp³-hybridized carbons (Fsp3) is 0.318. The molecule has 1 heterocycles. The van der Waals surface area contributed by atoms with Gasteiger partial charge in [-0.3, -0.25) is 19.3 Å². The first-order valence-electron chi connectivity index (χ1n) is 9.37. The van der Waals surface area contributed by atoms with Gasteiger partial charge >= 0.3 is 0 Å². The highest BCUT2D eigenvalue weighted by Crippen LogP contribution is 2.20. The van der Waals surface area contributed by atoms with Crippen LogP contribution in [0.25, 0.3) is 0 Å². The Morgan fingerprint density at radius 2 is 1.75 bits per heavy atom. The lowest BCUT2D eigenvalue weighted by Crippen LogP contribution is -2.44. The number of nitrogens with one attached hydrogen (secondary N) is 1. The molecule has 6 heteroatoms. The summed E-state index contributed by atoms with van der Waals surface area (Å²) in [6.45, 7) is 0.742. The van der Waals surface area contributed by atoms with E-state index in [1.54, 1.807) is 18.2 Å². The van der Waals surface area contributed by atoms with E-state index in [9.17, 15) is 14.4 Å². The molecule has 0 bridgehead atoms. The summed E-state index contributed by atoms with van der Waals surface area (Å²) < 4.78 is 0. The molecule has 1 aliphatic heterocycles. The monoisotopic (exact) mass is 379 g/mol. The first-order chi connectivity index (χ1) is 13.5. The van der Waals surface area contributed by atoms with E-state index in [0.717, 1.165) is 11.1 Å². The van der Waals surface area contributed by atoms with E-state index >= 15 is 0 Å². The zero-order valence-electron chi connectivity index (χ0n) is 16.2. The van der Waals surface area contributed by atoms with Crippen molar-refractivity contribution in [1.29, 1.82) is 0 Å². The van der Waals surface area contributed by atoms with Crippen LogP contribution in [-0.2, 0) is 16.0 Å². The van der Waals surface area contributed by atoms with Gasteiger partial charge in [-0.25, -0.2) is 0 Å². The number of hydrogen-bond donors (Lipinski definition) is 1. The Balaban J connectivity index is 1.63. The van der Waals surface area contributed by atoms with Crippen LogP contribution < -0.4 is 5.32 Å². The molecule has 0 unspecified atom stereocenters. The molecule has 0 spiro atoms. The van der Waals surface area contributed by atoms with Crippen LogP contribution >= 0.6 is 0 Å². The number of benzene rings is 2. The van der Waals surface area contributed by atoms with E-state index < -0.39 is 0 Å². The second kappa shape index (κ2) is 8.80. The number of carbonyl (C=O) groups excluding carboxylic acids is 3. The summed E-state index contributed by atoms with van der Waals surface area (Å²) >= 11 is 0. The molecule has 3 rings (SSSR count). The molecule has 1 atom stereocenters. The molecule has 0 aliphatic carbocycles. The number of likely N-dealkylation sites (N-methyl/N-ethyl adjacent to an activating group) is 1. The molecule has 6 nitrogen and oxygen atoms in total. The fourth-order valence-corrected chi connectivity index (χ4v) is 3.39. The highest BCUT2D eigenvalue weighted by molar-refractivity contribution is 6.09. The molecule has 1 N–H and O–H groups in total. The van der Waals surface area contributed by atoms with Crippen molar-refractivity contribution in [2.24, 2.45) is 0 Å². The molecule has 2 aromatic carbocycles. The van der Waals surface area contributed by atoms with Crippen molar-refractivity contribution in [3.8, 4) is 0 Å². The Labute approximate surface area is 165 Å². The fourth-order valence-electron chi connectivity index (χ4n) is 3.39. The highest BCUT2D eigenvalue weighted by Gasteiger charge is 2.30. The van der Waals surface area contributed by atoms with Crippen molar-refractivity contribution in [2.45, 2.75) is 18.9 Å². The highest BCUT2D eigenvalue weighted by atomic mass is 16.2. The number of fused-ring (bicyclic) bond motifs is 1. The van der Waals surface area contributed by atoms with Crippen LogP contribution in [0, 0.1) is 0 Å². The van der Waals surface area contributed by atoms with Gasteiger partial charge in [0.2, 0.25) is 11.8 Å². The number of carbonyl (C=O) groups is 3. The van der Waals surface area contributed by atoms with Gasteiger partial charge in [0.25, 0.3) is 5.91 Å². The van der Waals surface area contributed by atoms with Crippen molar-refractivity contribution in [1.82, 2.24) is 15.1 Å². The Kier molecular flexibility index (Phi) is 6.21. The summed E-state index contributed by atoms with van der Waals surface area (Å²) in [5.41, 5.74) is 2.30. The molecule has 0 saturated heterocycles. The predicted octanol–water partition coefficient (Wildman–Crippen LogP) is 2.02. The van der Waals surface area contributed by atoms with Crippen LogP contribution in [-0.4, -0.2) is 54.7 Å². The van der Waals surface area contributed by atoms with Crippen molar-refractivity contribution in [2.75, 3.05) is 27.2 Å². The molecule has 0 aromatic heterocycles. The maximum absolute atomic E-state index is 12.6. The Bertz CT molecular complexity index is 864. The zero-order chi connectivity index (χ0) is 20.1. The van der Waals surface area contributed by atoms with E-state index in [-0.39, 0.29) is 43.1 Å². The maximum Gasteiger partial charge on any atom is 0.260 e. The van der Waals surface area contributed by atoms with Crippen LogP contribution in [0.4, 0.5) is 0 Å². The second-order valence-electron chi connectivity index (χ2n) is 7.23. The zero-order valence-corrected chi connectivity index (χ0v) is 16.2. The van der Waals surface area contributed by atoms with Crippen LogP contribution in [0.3, 0.4) is 0 Å². The standard InChI is InChI=1S/C22H25N3O3/c1-24(2)15-19(16-8-4-3-5-9-16)23-20(26)12-13-25-21(27)14-17-10-6-7-11-18(17)22(25)28/h3-11,19H,12-15H2,1-2H3,(H,23,26)/t19-/m1/s1. The van der Waals surface area contributed by atoms with Gasteiger partial charge < -0.3 is 10.2 Å². The third-order valence-corrected chi connectivity index (χ3v) is 4.78. The number of hydrogen-bond acceptors (Lipinski definition) is 4. The van der Waals surface area contributed by atoms with Gasteiger partial charge in [-0.15, -0.1) is 0 Å². The van der Waals surface area contributed by atoms with Crippen molar-refractivity contribution < 1.29 is 14.4 Å². The second-order valence-corrected chi connectivity index (χ2v) is 7.23. The van der Waals surface area contributed by atoms with Gasteiger partial charge in [0.1, 0.15) is 0 Å². The maximum atomic E-state index is 12.6. The number of nitrogens with zero attached hydrogens (tertiary/aromatic N) is 2. The molecule has 0 radical (unpaired) electrons. The summed E-state index contributed by atoms with van der Waals surface area (Å²) in [6.07, 6.45) is 0.271. The van der Waals surface area contributed by atoms with Gasteiger partial charge in [-0.05, 0) is 31.3 Å². The van der Waals surface area contributed by atoms with E-state index in [1.807, 2.05) is 55.4 Å². The van der Waals surface area contributed by atoms with Crippen molar-refractivity contribution in [3.05, 3.63) is 71.3 Å². The molecule has 146 valence electrons. The number of imide groups is 1. The van der Waals surface area contributed by atoms with Crippen molar-refractivity contribution >= 4 is 17.7 Å². The minimum atomic E-state index is -0.326. The lowest BCUT2D eigenvalue weighted by Gasteiger charge is -2.27. The molecule has 28 heavy (non-hydrogen) atoms. The average Bonchev–Trinajstić information content (AvgIpc) is 2.67. The Hall–Kier alpha value is -2.99. The smallest absolute Gasteiger partial charge is 0.260 e. The molecule has 0 saturated carbocycles. The minimum Gasteiger partial charge on any atom is -0.348 e. The lowest BCUT2D eigenvalue weighted by atomic mass is 9.98. The van der Waals surface area contributed by atoms with Crippen LogP contribution in [0.2, 0.25) is 0 Å². The largest absolute Gasteiger partial charge is 0.348 e. The van der Waals surface area contributed by atoms with Gasteiger partial charge in [0.15, 0.2) is 0 Å². The number of amides is 3. The van der Waals surface area contributed by atoms with E-state index in [2.05, 4.69) is 5.32 Å². The van der Waals surface area contributed by atoms with E-state index in [4.69, 9.17) is 0 Å². The molecular formula is C22H25N3O3. The van der Waals surface area contributed by atoms with Gasteiger partial charge in [0, 0.05) is 25.1 Å². The molecule has 0 fully saturated rings. The Morgan fingerprint density at radius 3 is 2.46 bits per heavy atom. The van der Waals surface area contributed by atoms with Gasteiger partial charge in [-0.2, -0.15) is 0 Å². The molecule has 2 aromatic rings. The average molecular weight is 379 g/mol. The third kappa shape index (κ3) is 4.64. The van der Waals surface area contributed by atoms with E-state index in [1.165, 1.54) is 4.90 Å². The Morgan fingerprint density at radius 1 is 1.07 bits per heavy atom. The SMILES string of the molecule is CN(C)C[C@@H](NC(=O)CCN1C(=O)Cc2ccccc2C1=O)c1ccccc1. The number of rotatable bonds is 7. The third-order valence-electron chi connectivity index (χ3n) is 4.78. The predicted molar refractivity (Wildman–Crippen MR) is 107 cm³/mol.